The van der Waals surface area contributed by atoms with Crippen molar-refractivity contribution < 1.29 is 19.1 Å². The lowest BCUT2D eigenvalue weighted by atomic mass is 10.1. The summed E-state index contributed by atoms with van der Waals surface area (Å²) < 4.78 is 10.7. The van der Waals surface area contributed by atoms with E-state index in [1.165, 1.54) is 96.3 Å². The molecule has 208 valence electrons. The summed E-state index contributed by atoms with van der Waals surface area (Å²) in [6.07, 6.45) is 25.8. The molecule has 0 spiro atoms. The number of carbonyl (C=O) groups excluding carboxylic acids is 2. The molecule has 5 heteroatoms. The molecule has 0 unspecified atom stereocenters. The lowest BCUT2D eigenvalue weighted by Crippen LogP contribution is -2.07. The number of hydrogen-bond donors (Lipinski definition) is 0. The molecular formula is C30H58O4S. The third-order valence-corrected chi connectivity index (χ3v) is 7.52. The van der Waals surface area contributed by atoms with Crippen molar-refractivity contribution in [3.63, 3.8) is 0 Å². The lowest BCUT2D eigenvalue weighted by molar-refractivity contribution is -0.144. The minimum atomic E-state index is -0.0689. The van der Waals surface area contributed by atoms with Crippen LogP contribution in [-0.4, -0.2) is 36.7 Å². The summed E-state index contributed by atoms with van der Waals surface area (Å²) in [5.74, 6) is 1.76. The van der Waals surface area contributed by atoms with Crippen LogP contribution < -0.4 is 0 Å². The molecule has 0 aromatic carbocycles. The molecule has 0 aromatic rings. The lowest BCUT2D eigenvalue weighted by Gasteiger charge is -2.06. The van der Waals surface area contributed by atoms with Crippen molar-refractivity contribution in [2.45, 2.75) is 155 Å². The molecule has 0 bridgehead atoms. The number of thioether (sulfide) groups is 1. The maximum Gasteiger partial charge on any atom is 0.305 e. The van der Waals surface area contributed by atoms with E-state index in [9.17, 15) is 9.59 Å². The zero-order chi connectivity index (χ0) is 25.7. The van der Waals surface area contributed by atoms with E-state index in [2.05, 4.69) is 13.8 Å². The number of carbonyl (C=O) groups is 2. The van der Waals surface area contributed by atoms with Crippen LogP contribution in [0.4, 0.5) is 0 Å². The second-order valence-electron chi connectivity index (χ2n) is 9.92. The van der Waals surface area contributed by atoms with Gasteiger partial charge < -0.3 is 9.47 Å². The third kappa shape index (κ3) is 29.4. The Bertz CT molecular complexity index is 456. The summed E-state index contributed by atoms with van der Waals surface area (Å²) in [4.78, 5) is 23.6. The number of rotatable bonds is 28. The van der Waals surface area contributed by atoms with Gasteiger partial charge in [-0.2, -0.15) is 11.8 Å². The smallest absolute Gasteiger partial charge is 0.305 e. The van der Waals surface area contributed by atoms with Crippen LogP contribution in [0.1, 0.15) is 155 Å². The van der Waals surface area contributed by atoms with Gasteiger partial charge in [0.05, 0.1) is 13.2 Å². The van der Waals surface area contributed by atoms with Crippen molar-refractivity contribution >= 4 is 23.7 Å². The molecule has 0 heterocycles. The Morgan fingerprint density at radius 3 is 1.11 bits per heavy atom. The summed E-state index contributed by atoms with van der Waals surface area (Å²) in [6, 6.07) is 0. The Morgan fingerprint density at radius 2 is 0.771 bits per heavy atom. The second-order valence-corrected chi connectivity index (χ2v) is 11.1. The van der Waals surface area contributed by atoms with Crippen molar-refractivity contribution in [3.8, 4) is 0 Å². The van der Waals surface area contributed by atoms with Gasteiger partial charge in [0, 0.05) is 12.8 Å². The molecule has 0 radical (unpaired) electrons. The molecule has 35 heavy (non-hydrogen) atoms. The molecule has 0 aliphatic heterocycles. The minimum absolute atomic E-state index is 0.0630. The van der Waals surface area contributed by atoms with E-state index in [4.69, 9.17) is 9.47 Å². The van der Waals surface area contributed by atoms with Crippen molar-refractivity contribution in [1.29, 1.82) is 0 Å². The Labute approximate surface area is 222 Å². The van der Waals surface area contributed by atoms with E-state index >= 15 is 0 Å². The van der Waals surface area contributed by atoms with Crippen molar-refractivity contribution in [2.75, 3.05) is 24.7 Å². The first kappa shape index (κ1) is 34.3. The van der Waals surface area contributed by atoms with E-state index in [0.717, 1.165) is 43.6 Å². The highest BCUT2D eigenvalue weighted by Gasteiger charge is 2.05. The Balaban J connectivity index is 3.25. The van der Waals surface area contributed by atoms with Crippen LogP contribution in [-0.2, 0) is 19.1 Å². The zero-order valence-corrected chi connectivity index (χ0v) is 24.2. The van der Waals surface area contributed by atoms with Gasteiger partial charge >= 0.3 is 11.9 Å². The Morgan fingerprint density at radius 1 is 0.457 bits per heavy atom. The maximum atomic E-state index is 11.8. The monoisotopic (exact) mass is 514 g/mol. The second kappa shape index (κ2) is 29.5. The van der Waals surface area contributed by atoms with Crippen LogP contribution in [0.15, 0.2) is 0 Å². The average molecular weight is 515 g/mol. The predicted molar refractivity (Wildman–Crippen MR) is 152 cm³/mol. The highest BCUT2D eigenvalue weighted by atomic mass is 32.2. The first-order valence-corrected chi connectivity index (χ1v) is 16.2. The fourth-order valence-corrected chi connectivity index (χ4v) is 4.98. The summed E-state index contributed by atoms with van der Waals surface area (Å²) in [5.41, 5.74) is 0. The van der Waals surface area contributed by atoms with Gasteiger partial charge in [-0.05, 0) is 37.2 Å². The number of ether oxygens (including phenoxy) is 2. The molecule has 0 saturated heterocycles. The first-order valence-electron chi connectivity index (χ1n) is 15.1. The van der Waals surface area contributed by atoms with Crippen molar-refractivity contribution in [1.82, 2.24) is 0 Å². The van der Waals surface area contributed by atoms with Gasteiger partial charge in [0.25, 0.3) is 0 Å². The van der Waals surface area contributed by atoms with Gasteiger partial charge in [0.1, 0.15) is 0 Å². The van der Waals surface area contributed by atoms with Gasteiger partial charge in [-0.3, -0.25) is 9.59 Å². The molecule has 0 amide bonds. The number of hydrogen-bond acceptors (Lipinski definition) is 5. The van der Waals surface area contributed by atoms with Gasteiger partial charge in [-0.15, -0.1) is 0 Å². The van der Waals surface area contributed by atoms with Gasteiger partial charge in [0.2, 0.25) is 0 Å². The van der Waals surface area contributed by atoms with Gasteiger partial charge in [0.15, 0.2) is 0 Å². The summed E-state index contributed by atoms with van der Waals surface area (Å²) in [7, 11) is 0. The third-order valence-electron chi connectivity index (χ3n) is 6.36. The first-order chi connectivity index (χ1) is 17.2. The van der Waals surface area contributed by atoms with Crippen LogP contribution in [0.25, 0.3) is 0 Å². The number of unbranched alkanes of at least 4 members (excludes halogenated alkanes) is 16. The fourth-order valence-electron chi connectivity index (χ4n) is 4.08. The molecule has 0 saturated carbocycles. The van der Waals surface area contributed by atoms with Crippen molar-refractivity contribution in [3.05, 3.63) is 0 Å². The Hall–Kier alpha value is -0.710. The molecule has 0 aromatic heterocycles. The van der Waals surface area contributed by atoms with Crippen LogP contribution in [0.2, 0.25) is 0 Å². The molecule has 0 N–H and O–H groups in total. The van der Waals surface area contributed by atoms with Gasteiger partial charge in [-0.1, -0.05) is 117 Å². The normalized spacial score (nSPS) is 11.0. The molecule has 0 aliphatic rings. The maximum absolute atomic E-state index is 11.8. The summed E-state index contributed by atoms with van der Waals surface area (Å²) in [5, 5.41) is 0. The van der Waals surface area contributed by atoms with E-state index in [1.54, 1.807) is 0 Å². The molecule has 0 fully saturated rings. The van der Waals surface area contributed by atoms with E-state index in [1.807, 2.05) is 11.8 Å². The van der Waals surface area contributed by atoms with Crippen LogP contribution in [0.5, 0.6) is 0 Å². The molecule has 0 rings (SSSR count). The van der Waals surface area contributed by atoms with E-state index in [-0.39, 0.29) is 11.9 Å². The van der Waals surface area contributed by atoms with Crippen LogP contribution in [0.3, 0.4) is 0 Å². The SMILES string of the molecule is CCCCCCCCCCCCCCOC(=O)CCCSCCCC(=O)OCCCCCCCC. The highest BCUT2D eigenvalue weighted by molar-refractivity contribution is 7.99. The van der Waals surface area contributed by atoms with E-state index < -0.39 is 0 Å². The fraction of sp³-hybridized carbons (Fsp3) is 0.933. The van der Waals surface area contributed by atoms with E-state index in [0.29, 0.717) is 26.1 Å². The molecule has 4 nitrogen and oxygen atoms in total. The van der Waals surface area contributed by atoms with Gasteiger partial charge in [-0.25, -0.2) is 0 Å². The standard InChI is InChI=1S/C30H58O4S/c1-3-5-7-9-11-12-13-14-15-16-18-20-26-34-30(32)24-22-28-35-27-21-23-29(31)33-25-19-17-10-8-6-4-2/h3-28H2,1-2H3. The molecular weight excluding hydrogens is 456 g/mol. The highest BCUT2D eigenvalue weighted by Crippen LogP contribution is 2.13. The largest absolute Gasteiger partial charge is 0.466 e. The summed E-state index contributed by atoms with van der Waals surface area (Å²) in [6.45, 7) is 5.63. The predicted octanol–water partition coefficient (Wildman–Crippen LogP) is 9.43. The number of esters is 2. The molecule has 0 aliphatic carbocycles. The van der Waals surface area contributed by atoms with Crippen molar-refractivity contribution in [2.24, 2.45) is 0 Å². The average Bonchev–Trinajstić information content (AvgIpc) is 2.85. The van der Waals surface area contributed by atoms with Crippen LogP contribution in [0, 0.1) is 0 Å². The Kier molecular flexibility index (Phi) is 28.9. The van der Waals surface area contributed by atoms with Crippen LogP contribution >= 0.6 is 11.8 Å². The topological polar surface area (TPSA) is 52.6 Å². The molecule has 0 atom stereocenters. The minimum Gasteiger partial charge on any atom is -0.466 e. The quantitative estimate of drug-likeness (QED) is 0.0768. The summed E-state index contributed by atoms with van der Waals surface area (Å²) >= 11 is 1.81. The zero-order valence-electron chi connectivity index (χ0n) is 23.4.